The van der Waals surface area contributed by atoms with Gasteiger partial charge in [-0.15, -0.1) is 6.58 Å². The van der Waals surface area contributed by atoms with Crippen molar-refractivity contribution in [1.82, 2.24) is 20.5 Å². The minimum Gasteiger partial charge on any atom is -0.488 e. The van der Waals surface area contributed by atoms with Gasteiger partial charge in [0, 0.05) is 34.8 Å². The summed E-state index contributed by atoms with van der Waals surface area (Å²) in [6.07, 6.45) is 6.94. The summed E-state index contributed by atoms with van der Waals surface area (Å²) in [6.45, 7) is 9.87. The van der Waals surface area contributed by atoms with Gasteiger partial charge in [-0.25, -0.2) is 14.6 Å². The summed E-state index contributed by atoms with van der Waals surface area (Å²) < 4.78 is 12.4. The molecule has 3 aromatic rings. The van der Waals surface area contributed by atoms with Crippen LogP contribution in [0.3, 0.4) is 0 Å². The first-order valence-electron chi connectivity index (χ1n) is 17.7. The highest BCUT2D eigenvalue weighted by atomic mass is 16.5. The van der Waals surface area contributed by atoms with Gasteiger partial charge in [0.15, 0.2) is 0 Å². The number of unbranched alkanes of at least 4 members (excludes halogenated alkanes) is 1. The van der Waals surface area contributed by atoms with E-state index >= 15 is 0 Å². The van der Waals surface area contributed by atoms with Gasteiger partial charge >= 0.3 is 12.1 Å². The largest absolute Gasteiger partial charge is 0.488 e. The number of nitrogens with zero attached hydrogens (tertiary/aromatic N) is 2. The number of nitrogens with one attached hydrogen (secondary N) is 2. The number of hydrogen-bond donors (Lipinski definition) is 3. The Bertz CT molecular complexity index is 1860. The third-order valence-electron chi connectivity index (χ3n) is 10.0. The molecule has 11 nitrogen and oxygen atoms in total. The summed E-state index contributed by atoms with van der Waals surface area (Å²) in [5.41, 5.74) is 1.39. The predicted molar refractivity (Wildman–Crippen MR) is 194 cm³/mol. The molecule has 3 N–H and O–H groups in total. The van der Waals surface area contributed by atoms with Crippen molar-refractivity contribution < 1.29 is 33.8 Å². The van der Waals surface area contributed by atoms with E-state index in [-0.39, 0.29) is 26.0 Å². The fourth-order valence-corrected chi connectivity index (χ4v) is 6.93. The van der Waals surface area contributed by atoms with Crippen molar-refractivity contribution in [3.05, 3.63) is 78.9 Å². The number of alkyl carbamates (subject to hydrolysis) is 1. The molecule has 4 bridgehead atoms. The molecule has 1 aromatic heterocycles. The maximum absolute atomic E-state index is 14.4. The minimum absolute atomic E-state index is 0.0400. The number of carboxylic acid groups (broad SMARTS) is 1. The number of carbonyl (C=O) groups is 4. The Balaban J connectivity index is 1.42. The summed E-state index contributed by atoms with van der Waals surface area (Å²) in [4.78, 5) is 60.1. The molecule has 2 aliphatic heterocycles. The Kier molecular flexibility index (Phi) is 10.2. The van der Waals surface area contributed by atoms with Crippen molar-refractivity contribution in [2.45, 2.75) is 83.0 Å². The standard InChI is InChI=1S/C40H46N4O7/c1-5-7-15-31-36(46)44-23-28(20-33(44)35(45)43-40(37(47)48)22-27(40)6-2)51-34-21-32(26-13-9-8-10-14-26)41-30-17-16-25(19-29(30)34)12-11-18-39(3,4)24-50-38(49)42-31/h6,8-14,16-17,19,21,27-28,31,33H,2,5,7,15,18,20,22-24H2,1,3-4H3,(H,42,49)(H,43,45)(H,47,48)/b12-11-/t27-,28-,31+,33+,40-/m1/s1. The van der Waals surface area contributed by atoms with Gasteiger partial charge in [-0.3, -0.25) is 9.59 Å². The Morgan fingerprint density at radius 2 is 1.94 bits per heavy atom. The van der Waals surface area contributed by atoms with Gasteiger partial charge in [0.25, 0.3) is 0 Å². The van der Waals surface area contributed by atoms with Crippen LogP contribution < -0.4 is 15.4 Å². The number of allylic oxidation sites excluding steroid dienone is 1. The average Bonchev–Trinajstić information content (AvgIpc) is 3.68. The molecular formula is C40H46N4O7. The number of pyridine rings is 1. The Morgan fingerprint density at radius 3 is 2.65 bits per heavy atom. The van der Waals surface area contributed by atoms with Gasteiger partial charge in [-0.1, -0.05) is 88.2 Å². The molecule has 3 aliphatic rings. The van der Waals surface area contributed by atoms with E-state index in [0.29, 0.717) is 30.7 Å². The van der Waals surface area contributed by atoms with Crippen LogP contribution in [-0.4, -0.2) is 75.7 Å². The zero-order chi connectivity index (χ0) is 36.3. The molecule has 11 heteroatoms. The molecule has 2 aromatic carbocycles. The molecule has 1 saturated carbocycles. The zero-order valence-electron chi connectivity index (χ0n) is 29.4. The molecule has 3 heterocycles. The van der Waals surface area contributed by atoms with Gasteiger partial charge in [-0.05, 0) is 37.0 Å². The lowest BCUT2D eigenvalue weighted by Crippen LogP contribution is -2.56. The molecule has 6 rings (SSSR count). The predicted octanol–water partition coefficient (Wildman–Crippen LogP) is 6.12. The molecule has 51 heavy (non-hydrogen) atoms. The van der Waals surface area contributed by atoms with Crippen molar-refractivity contribution in [1.29, 1.82) is 0 Å². The number of cyclic esters (lactones) is 1. The van der Waals surface area contributed by atoms with E-state index in [1.165, 1.54) is 11.0 Å². The first-order chi connectivity index (χ1) is 24.4. The van der Waals surface area contributed by atoms with Gasteiger partial charge in [0.05, 0.1) is 24.4 Å². The molecule has 0 radical (unpaired) electrons. The summed E-state index contributed by atoms with van der Waals surface area (Å²) in [6, 6.07) is 15.6. The molecule has 3 amide bonds. The SMILES string of the molecule is C=C[C@@H]1C[C@]1(NC(=O)[C@@H]1C[C@@H]2CN1C(=O)[C@H](CCCC)NC(=O)OCC(C)(C)C/C=C\c1ccc3nc(-c4ccccc4)cc(c3c1)O2)C(=O)O. The quantitative estimate of drug-likeness (QED) is 0.239. The minimum atomic E-state index is -1.48. The number of ether oxygens (including phenoxy) is 2. The molecule has 1 aliphatic carbocycles. The van der Waals surface area contributed by atoms with E-state index < -0.39 is 58.9 Å². The number of hydrogen-bond acceptors (Lipinski definition) is 7. The molecule has 268 valence electrons. The van der Waals surface area contributed by atoms with Crippen LogP contribution in [0.5, 0.6) is 5.75 Å². The maximum atomic E-state index is 14.4. The lowest BCUT2D eigenvalue weighted by Gasteiger charge is -2.29. The maximum Gasteiger partial charge on any atom is 0.407 e. The molecule has 5 atom stereocenters. The summed E-state index contributed by atoms with van der Waals surface area (Å²) >= 11 is 0. The molecule has 2 fully saturated rings. The van der Waals surface area contributed by atoms with E-state index in [1.807, 2.05) is 87.5 Å². The van der Waals surface area contributed by atoms with Crippen LogP contribution in [0.4, 0.5) is 4.79 Å². The number of amides is 3. The van der Waals surface area contributed by atoms with Crippen molar-refractivity contribution in [3.63, 3.8) is 0 Å². The lowest BCUT2D eigenvalue weighted by molar-refractivity contribution is -0.145. The Labute approximate surface area is 298 Å². The van der Waals surface area contributed by atoms with Crippen molar-refractivity contribution >= 4 is 40.9 Å². The van der Waals surface area contributed by atoms with Crippen molar-refractivity contribution in [3.8, 4) is 17.0 Å². The average molecular weight is 695 g/mol. The summed E-state index contributed by atoms with van der Waals surface area (Å²) in [5.74, 6) is -2.09. The molecule has 1 saturated heterocycles. The number of fused-ring (bicyclic) bond motifs is 3. The Morgan fingerprint density at radius 1 is 1.16 bits per heavy atom. The van der Waals surface area contributed by atoms with Crippen LogP contribution in [0.1, 0.15) is 64.9 Å². The fourth-order valence-electron chi connectivity index (χ4n) is 6.93. The topological polar surface area (TPSA) is 147 Å². The van der Waals surface area contributed by atoms with E-state index in [1.54, 1.807) is 0 Å². The lowest BCUT2D eigenvalue weighted by atomic mass is 9.90. The number of aromatic nitrogens is 1. The van der Waals surface area contributed by atoms with Crippen molar-refractivity contribution in [2.75, 3.05) is 13.2 Å². The fraction of sp³-hybridized carbons (Fsp3) is 0.425. The monoisotopic (exact) mass is 694 g/mol. The number of carboxylic acids is 1. The van der Waals surface area contributed by atoms with Crippen LogP contribution >= 0.6 is 0 Å². The smallest absolute Gasteiger partial charge is 0.407 e. The first kappa shape index (κ1) is 35.6. The number of rotatable bonds is 8. The zero-order valence-corrected chi connectivity index (χ0v) is 29.4. The second kappa shape index (κ2) is 14.6. The third kappa shape index (κ3) is 7.77. The Hall–Kier alpha value is -5.19. The second-order valence-electron chi connectivity index (χ2n) is 14.6. The van der Waals surface area contributed by atoms with E-state index in [4.69, 9.17) is 14.5 Å². The molecule has 0 spiro atoms. The van der Waals surface area contributed by atoms with Gasteiger partial charge in [0.2, 0.25) is 11.8 Å². The third-order valence-corrected chi connectivity index (χ3v) is 10.0. The van der Waals surface area contributed by atoms with Gasteiger partial charge in [-0.2, -0.15) is 0 Å². The second-order valence-corrected chi connectivity index (χ2v) is 14.6. The highest BCUT2D eigenvalue weighted by molar-refractivity contribution is 5.96. The van der Waals surface area contributed by atoms with Crippen LogP contribution in [0, 0.1) is 11.3 Å². The van der Waals surface area contributed by atoms with Crippen LogP contribution in [0.25, 0.3) is 28.2 Å². The number of aliphatic carboxylic acids is 1. The first-order valence-corrected chi connectivity index (χ1v) is 17.7. The van der Waals surface area contributed by atoms with Gasteiger partial charge in [0.1, 0.15) is 29.5 Å². The summed E-state index contributed by atoms with van der Waals surface area (Å²) in [5, 5.41) is 16.3. The van der Waals surface area contributed by atoms with Crippen LogP contribution in [-0.2, 0) is 19.1 Å². The van der Waals surface area contributed by atoms with E-state index in [0.717, 1.165) is 28.5 Å². The number of carbonyl (C=O) groups excluding carboxylic acids is 3. The molecule has 0 unspecified atom stereocenters. The van der Waals surface area contributed by atoms with E-state index in [2.05, 4.69) is 17.2 Å². The normalized spacial score (nSPS) is 26.6. The van der Waals surface area contributed by atoms with Crippen LogP contribution in [0.2, 0.25) is 0 Å². The highest BCUT2D eigenvalue weighted by Gasteiger charge is 2.61. The molecular weight excluding hydrogens is 648 g/mol. The number of benzene rings is 2. The summed E-state index contributed by atoms with van der Waals surface area (Å²) in [7, 11) is 0. The van der Waals surface area contributed by atoms with Crippen LogP contribution in [0.15, 0.2) is 73.3 Å². The van der Waals surface area contributed by atoms with E-state index in [9.17, 15) is 24.3 Å². The highest BCUT2D eigenvalue weighted by Crippen LogP contribution is 2.45. The van der Waals surface area contributed by atoms with Crippen molar-refractivity contribution in [2.24, 2.45) is 11.3 Å². The van der Waals surface area contributed by atoms with Gasteiger partial charge < -0.3 is 30.1 Å².